The van der Waals surface area contributed by atoms with Crippen LogP contribution in [-0.4, -0.2) is 12.5 Å². The normalized spacial score (nSPS) is 10.5. The first kappa shape index (κ1) is 15.4. The van der Waals surface area contributed by atoms with Crippen LogP contribution in [0.15, 0.2) is 48.5 Å². The Hall–Kier alpha value is -2.00. The summed E-state index contributed by atoms with van der Waals surface area (Å²) in [5.74, 6) is 1.03. The van der Waals surface area contributed by atoms with Gasteiger partial charge in [-0.1, -0.05) is 37.6 Å². The Bertz CT molecular complexity index is 608. The Morgan fingerprint density at radius 2 is 1.81 bits per heavy atom. The summed E-state index contributed by atoms with van der Waals surface area (Å²) >= 11 is 6.02. The minimum Gasteiger partial charge on any atom is -0.493 e. The summed E-state index contributed by atoms with van der Waals surface area (Å²) in [5, 5.41) is 3.30. The Morgan fingerprint density at radius 3 is 2.43 bits per heavy atom. The fraction of sp³-hybridized carbons (Fsp3) is 0.235. The summed E-state index contributed by atoms with van der Waals surface area (Å²) in [4.78, 5) is 12.1. The van der Waals surface area contributed by atoms with Crippen molar-refractivity contribution >= 4 is 23.2 Å². The van der Waals surface area contributed by atoms with Crippen LogP contribution < -0.4 is 10.1 Å². The number of amides is 1. The number of halogens is 1. The molecule has 2 aromatic rings. The van der Waals surface area contributed by atoms with Crippen LogP contribution in [-0.2, 0) is 0 Å². The number of nitrogens with one attached hydrogen (secondary N) is 1. The van der Waals surface area contributed by atoms with Crippen molar-refractivity contribution in [3.8, 4) is 5.75 Å². The molecule has 0 saturated heterocycles. The number of carbonyl (C=O) groups is 1. The predicted octanol–water partition coefficient (Wildman–Crippen LogP) is 4.63. The molecule has 0 atom stereocenters. The van der Waals surface area contributed by atoms with E-state index in [0.29, 0.717) is 28.8 Å². The van der Waals surface area contributed by atoms with E-state index in [4.69, 9.17) is 16.3 Å². The molecule has 4 heteroatoms. The van der Waals surface area contributed by atoms with E-state index in [-0.39, 0.29) is 5.91 Å². The van der Waals surface area contributed by atoms with Crippen LogP contribution in [0.25, 0.3) is 0 Å². The van der Waals surface area contributed by atoms with Gasteiger partial charge in [-0.2, -0.15) is 0 Å². The summed E-state index contributed by atoms with van der Waals surface area (Å²) in [7, 11) is 0. The molecule has 1 amide bonds. The second kappa shape index (κ2) is 7.14. The van der Waals surface area contributed by atoms with Crippen LogP contribution in [0.1, 0.15) is 24.2 Å². The van der Waals surface area contributed by atoms with E-state index in [0.717, 1.165) is 5.75 Å². The molecule has 0 fully saturated rings. The molecule has 1 N–H and O–H groups in total. The van der Waals surface area contributed by atoms with Gasteiger partial charge in [-0.05, 0) is 42.3 Å². The molecular formula is C17H18ClNO2. The molecule has 0 aliphatic heterocycles. The molecular weight excluding hydrogens is 286 g/mol. The number of hydrogen-bond donors (Lipinski definition) is 1. The molecule has 21 heavy (non-hydrogen) atoms. The van der Waals surface area contributed by atoms with Crippen molar-refractivity contribution in [1.82, 2.24) is 0 Å². The number of ether oxygens (including phenoxy) is 1. The van der Waals surface area contributed by atoms with Crippen molar-refractivity contribution in [2.24, 2.45) is 5.92 Å². The van der Waals surface area contributed by atoms with E-state index in [2.05, 4.69) is 19.2 Å². The Kier molecular flexibility index (Phi) is 5.23. The van der Waals surface area contributed by atoms with Crippen LogP contribution in [0.4, 0.5) is 5.69 Å². The van der Waals surface area contributed by atoms with Crippen LogP contribution >= 0.6 is 11.6 Å². The van der Waals surface area contributed by atoms with E-state index in [9.17, 15) is 4.79 Å². The number of carbonyl (C=O) groups excluding carboxylic acids is 1. The van der Waals surface area contributed by atoms with Gasteiger partial charge in [0.05, 0.1) is 17.3 Å². The molecule has 0 aliphatic carbocycles. The summed E-state index contributed by atoms with van der Waals surface area (Å²) < 4.78 is 5.59. The standard InChI is InChI=1S/C17H18ClNO2/c1-12(2)11-21-14-9-7-13(8-10-14)17(20)19-16-6-4-3-5-15(16)18/h3-10,12H,11H2,1-2H3,(H,19,20). The number of rotatable bonds is 5. The van der Waals surface area contributed by atoms with Gasteiger partial charge in [0, 0.05) is 5.56 Å². The van der Waals surface area contributed by atoms with Crippen LogP contribution in [0.5, 0.6) is 5.75 Å². The third kappa shape index (κ3) is 4.50. The first-order chi connectivity index (χ1) is 10.1. The van der Waals surface area contributed by atoms with Crippen LogP contribution in [0, 0.1) is 5.92 Å². The SMILES string of the molecule is CC(C)COc1ccc(C(=O)Nc2ccccc2Cl)cc1. The lowest BCUT2D eigenvalue weighted by atomic mass is 10.2. The topological polar surface area (TPSA) is 38.3 Å². The molecule has 0 heterocycles. The summed E-state index contributed by atoms with van der Waals surface area (Å²) in [6.07, 6.45) is 0. The first-order valence-corrected chi connectivity index (χ1v) is 7.23. The highest BCUT2D eigenvalue weighted by Crippen LogP contribution is 2.21. The van der Waals surface area contributed by atoms with Gasteiger partial charge in [-0.15, -0.1) is 0 Å². The Balaban J connectivity index is 2.01. The molecule has 0 saturated carbocycles. The second-order valence-corrected chi connectivity index (χ2v) is 5.57. The summed E-state index contributed by atoms with van der Waals surface area (Å²) in [6.45, 7) is 4.84. The zero-order chi connectivity index (χ0) is 15.2. The highest BCUT2D eigenvalue weighted by Gasteiger charge is 2.08. The minimum absolute atomic E-state index is 0.196. The predicted molar refractivity (Wildman–Crippen MR) is 86.2 cm³/mol. The average Bonchev–Trinajstić information content (AvgIpc) is 2.48. The van der Waals surface area contributed by atoms with Gasteiger partial charge in [0.2, 0.25) is 0 Å². The number of anilines is 1. The fourth-order valence-corrected chi connectivity index (χ4v) is 1.91. The van der Waals surface area contributed by atoms with E-state index < -0.39 is 0 Å². The first-order valence-electron chi connectivity index (χ1n) is 6.85. The molecule has 0 bridgehead atoms. The molecule has 2 rings (SSSR count). The third-order valence-electron chi connectivity index (χ3n) is 2.82. The molecule has 2 aromatic carbocycles. The summed E-state index contributed by atoms with van der Waals surface area (Å²) in [5.41, 5.74) is 1.16. The van der Waals surface area contributed by atoms with E-state index in [1.807, 2.05) is 12.1 Å². The van der Waals surface area contributed by atoms with Crippen LogP contribution in [0.2, 0.25) is 5.02 Å². The Morgan fingerprint density at radius 1 is 1.14 bits per heavy atom. The van der Waals surface area contributed by atoms with Crippen LogP contribution in [0.3, 0.4) is 0 Å². The zero-order valence-corrected chi connectivity index (χ0v) is 12.9. The van der Waals surface area contributed by atoms with Crippen molar-refractivity contribution in [3.63, 3.8) is 0 Å². The van der Waals surface area contributed by atoms with E-state index in [1.165, 1.54) is 0 Å². The average molecular weight is 304 g/mol. The van der Waals surface area contributed by atoms with E-state index in [1.54, 1.807) is 36.4 Å². The number of benzene rings is 2. The Labute approximate surface area is 129 Å². The smallest absolute Gasteiger partial charge is 0.255 e. The highest BCUT2D eigenvalue weighted by atomic mass is 35.5. The van der Waals surface area contributed by atoms with E-state index >= 15 is 0 Å². The van der Waals surface area contributed by atoms with Gasteiger partial charge in [-0.25, -0.2) is 0 Å². The van der Waals surface area contributed by atoms with Crippen molar-refractivity contribution in [1.29, 1.82) is 0 Å². The molecule has 0 radical (unpaired) electrons. The molecule has 0 aliphatic rings. The maximum absolute atomic E-state index is 12.1. The summed E-state index contributed by atoms with van der Waals surface area (Å²) in [6, 6.07) is 14.2. The van der Waals surface area contributed by atoms with Crippen molar-refractivity contribution in [3.05, 3.63) is 59.1 Å². The quantitative estimate of drug-likeness (QED) is 0.874. The maximum atomic E-state index is 12.1. The lowest BCUT2D eigenvalue weighted by molar-refractivity contribution is 0.102. The molecule has 0 aromatic heterocycles. The number of hydrogen-bond acceptors (Lipinski definition) is 2. The maximum Gasteiger partial charge on any atom is 0.255 e. The third-order valence-corrected chi connectivity index (χ3v) is 3.15. The van der Waals surface area contributed by atoms with Gasteiger partial charge in [0.1, 0.15) is 5.75 Å². The fourth-order valence-electron chi connectivity index (χ4n) is 1.72. The van der Waals surface area contributed by atoms with Gasteiger partial charge in [-0.3, -0.25) is 4.79 Å². The van der Waals surface area contributed by atoms with Gasteiger partial charge < -0.3 is 10.1 Å². The van der Waals surface area contributed by atoms with Gasteiger partial charge in [0.25, 0.3) is 5.91 Å². The molecule has 0 spiro atoms. The van der Waals surface area contributed by atoms with Crippen molar-refractivity contribution in [2.75, 3.05) is 11.9 Å². The van der Waals surface area contributed by atoms with Gasteiger partial charge in [0.15, 0.2) is 0 Å². The van der Waals surface area contributed by atoms with Crippen molar-refractivity contribution in [2.45, 2.75) is 13.8 Å². The van der Waals surface area contributed by atoms with Gasteiger partial charge >= 0.3 is 0 Å². The second-order valence-electron chi connectivity index (χ2n) is 5.16. The lowest BCUT2D eigenvalue weighted by Crippen LogP contribution is -2.12. The zero-order valence-electron chi connectivity index (χ0n) is 12.1. The largest absolute Gasteiger partial charge is 0.493 e. The lowest BCUT2D eigenvalue weighted by Gasteiger charge is -2.10. The monoisotopic (exact) mass is 303 g/mol. The molecule has 0 unspecified atom stereocenters. The van der Waals surface area contributed by atoms with Crippen molar-refractivity contribution < 1.29 is 9.53 Å². The number of para-hydroxylation sites is 1. The molecule has 3 nitrogen and oxygen atoms in total. The minimum atomic E-state index is -0.196. The molecule has 110 valence electrons. The highest BCUT2D eigenvalue weighted by molar-refractivity contribution is 6.33.